The molecule has 1 aromatic carbocycles. The monoisotopic (exact) mass is 260 g/mol. The zero-order valence-corrected chi connectivity index (χ0v) is 11.9. The second-order valence-corrected chi connectivity index (χ2v) is 5.92. The topological polar surface area (TPSA) is 24.5 Å². The minimum absolute atomic E-state index is 0.478. The van der Waals surface area contributed by atoms with Crippen LogP contribution in [0.1, 0.15) is 31.4 Å². The van der Waals surface area contributed by atoms with Gasteiger partial charge in [-0.2, -0.15) is 0 Å². The molecule has 1 saturated carbocycles. The van der Waals surface area contributed by atoms with E-state index >= 15 is 0 Å². The molecule has 0 radical (unpaired) electrons. The molecule has 19 heavy (non-hydrogen) atoms. The van der Waals surface area contributed by atoms with Gasteiger partial charge in [-0.25, -0.2) is 0 Å². The number of benzene rings is 1. The molecule has 3 nitrogen and oxygen atoms in total. The van der Waals surface area contributed by atoms with Gasteiger partial charge in [0.25, 0.3) is 0 Å². The molecular formula is C16H24N2O. The molecule has 0 bridgehead atoms. The van der Waals surface area contributed by atoms with E-state index in [0.717, 1.165) is 13.1 Å². The van der Waals surface area contributed by atoms with Crippen LogP contribution in [0, 0.1) is 0 Å². The van der Waals surface area contributed by atoms with Crippen LogP contribution in [0.2, 0.25) is 0 Å². The van der Waals surface area contributed by atoms with E-state index < -0.39 is 0 Å². The Morgan fingerprint density at radius 1 is 1.21 bits per heavy atom. The molecule has 0 spiro atoms. The van der Waals surface area contributed by atoms with Gasteiger partial charge in [-0.15, -0.1) is 0 Å². The second kappa shape index (κ2) is 5.61. The Labute approximate surface area is 115 Å². The van der Waals surface area contributed by atoms with Crippen LogP contribution in [0.15, 0.2) is 30.3 Å². The van der Waals surface area contributed by atoms with Gasteiger partial charge in [-0.1, -0.05) is 30.3 Å². The van der Waals surface area contributed by atoms with Gasteiger partial charge >= 0.3 is 0 Å². The molecule has 1 aromatic rings. The molecule has 1 saturated heterocycles. The Morgan fingerprint density at radius 2 is 1.95 bits per heavy atom. The first-order chi connectivity index (χ1) is 9.28. The molecule has 0 amide bonds. The van der Waals surface area contributed by atoms with Crippen molar-refractivity contribution in [3.63, 3.8) is 0 Å². The molecule has 1 N–H and O–H groups in total. The van der Waals surface area contributed by atoms with Gasteiger partial charge in [0.2, 0.25) is 0 Å². The van der Waals surface area contributed by atoms with E-state index in [2.05, 4.69) is 47.5 Å². The van der Waals surface area contributed by atoms with Gasteiger partial charge < -0.3 is 10.1 Å². The van der Waals surface area contributed by atoms with Gasteiger partial charge in [-0.05, 0) is 25.3 Å². The normalized spacial score (nSPS) is 35.9. The highest BCUT2D eigenvalue weighted by Gasteiger charge is 2.39. The molecule has 2 fully saturated rings. The second-order valence-electron chi connectivity index (χ2n) is 5.92. The summed E-state index contributed by atoms with van der Waals surface area (Å²) in [4.78, 5) is 2.69. The van der Waals surface area contributed by atoms with E-state index in [1.807, 2.05) is 7.11 Å². The Hall–Kier alpha value is -0.900. The molecule has 1 aliphatic carbocycles. The molecule has 0 aromatic heterocycles. The van der Waals surface area contributed by atoms with Crippen LogP contribution < -0.4 is 5.32 Å². The van der Waals surface area contributed by atoms with Crippen molar-refractivity contribution in [1.29, 1.82) is 0 Å². The number of hydrogen-bond acceptors (Lipinski definition) is 3. The third-order valence-electron chi connectivity index (χ3n) is 4.60. The zero-order valence-electron chi connectivity index (χ0n) is 11.9. The fourth-order valence-electron chi connectivity index (χ4n) is 3.33. The van der Waals surface area contributed by atoms with E-state index in [-0.39, 0.29) is 0 Å². The molecule has 104 valence electrons. The van der Waals surface area contributed by atoms with Gasteiger partial charge in [0.15, 0.2) is 0 Å². The Kier molecular flexibility index (Phi) is 3.87. The summed E-state index contributed by atoms with van der Waals surface area (Å²) in [5, 5.41) is 3.62. The van der Waals surface area contributed by atoms with Crippen LogP contribution in [0.5, 0.6) is 0 Å². The first-order valence-corrected chi connectivity index (χ1v) is 7.35. The minimum atomic E-state index is 0.478. The fourth-order valence-corrected chi connectivity index (χ4v) is 3.33. The number of piperazine rings is 1. The van der Waals surface area contributed by atoms with Crippen LogP contribution in [-0.4, -0.2) is 43.3 Å². The maximum Gasteiger partial charge on any atom is 0.0601 e. The molecule has 1 aliphatic heterocycles. The van der Waals surface area contributed by atoms with Gasteiger partial charge in [0, 0.05) is 38.3 Å². The molecule has 2 atom stereocenters. The highest BCUT2D eigenvalue weighted by Crippen LogP contribution is 2.35. The Bertz CT molecular complexity index is 402. The average molecular weight is 260 g/mol. The maximum atomic E-state index is 5.43. The summed E-state index contributed by atoms with van der Waals surface area (Å²) in [5.41, 5.74) is 1.43. The predicted octanol–water partition coefficient (Wildman–Crippen LogP) is 2.20. The predicted molar refractivity (Wildman–Crippen MR) is 77.2 cm³/mol. The summed E-state index contributed by atoms with van der Waals surface area (Å²) in [7, 11) is 1.83. The van der Waals surface area contributed by atoms with Crippen molar-refractivity contribution in [3.8, 4) is 0 Å². The van der Waals surface area contributed by atoms with Crippen LogP contribution in [0.4, 0.5) is 0 Å². The summed E-state index contributed by atoms with van der Waals surface area (Å²) in [5.74, 6) is 0. The molecule has 1 heterocycles. The number of ether oxygens (including phenoxy) is 1. The van der Waals surface area contributed by atoms with Gasteiger partial charge in [-0.3, -0.25) is 4.90 Å². The minimum Gasteiger partial charge on any atom is -0.381 e. The molecular weight excluding hydrogens is 236 g/mol. The largest absolute Gasteiger partial charge is 0.381 e. The molecule has 3 heteroatoms. The average Bonchev–Trinajstić information content (AvgIpc) is 2.39. The summed E-state index contributed by atoms with van der Waals surface area (Å²) in [6, 6.07) is 12.7. The third kappa shape index (κ3) is 2.69. The van der Waals surface area contributed by atoms with Gasteiger partial charge in [0.05, 0.1) is 6.10 Å². The van der Waals surface area contributed by atoms with Gasteiger partial charge in [0.1, 0.15) is 0 Å². The van der Waals surface area contributed by atoms with E-state index in [4.69, 9.17) is 4.74 Å². The molecule has 2 aliphatic rings. The Balaban J connectivity index is 1.74. The van der Waals surface area contributed by atoms with Crippen molar-refractivity contribution < 1.29 is 4.74 Å². The number of methoxy groups -OCH3 is 1. The summed E-state index contributed by atoms with van der Waals surface area (Å²) < 4.78 is 5.43. The fraction of sp³-hybridized carbons (Fsp3) is 0.625. The summed E-state index contributed by atoms with van der Waals surface area (Å²) in [6.45, 7) is 4.47. The maximum absolute atomic E-state index is 5.43. The molecule has 2 unspecified atom stereocenters. The van der Waals surface area contributed by atoms with Crippen molar-refractivity contribution >= 4 is 0 Å². The number of nitrogens with one attached hydrogen (secondary N) is 1. The third-order valence-corrected chi connectivity index (χ3v) is 4.60. The van der Waals surface area contributed by atoms with E-state index in [1.54, 1.807) is 0 Å². The highest BCUT2D eigenvalue weighted by atomic mass is 16.5. The Morgan fingerprint density at radius 3 is 2.63 bits per heavy atom. The van der Waals surface area contributed by atoms with E-state index in [0.29, 0.717) is 24.2 Å². The SMILES string of the molecule is COC1CC(N2CC(C)NCC2c2ccccc2)C1. The standard InChI is InChI=1S/C16H24N2O/c1-12-11-18(14-8-15(9-14)19-2)16(10-17-12)13-6-4-3-5-7-13/h3-7,12,14-17H,8-11H2,1-2H3. The quantitative estimate of drug-likeness (QED) is 0.901. The number of hydrogen-bond donors (Lipinski definition) is 1. The van der Waals surface area contributed by atoms with E-state index in [9.17, 15) is 0 Å². The summed E-state index contributed by atoms with van der Waals surface area (Å²) >= 11 is 0. The van der Waals surface area contributed by atoms with Crippen molar-refractivity contribution in [1.82, 2.24) is 10.2 Å². The number of rotatable bonds is 3. The summed E-state index contributed by atoms with van der Waals surface area (Å²) in [6.07, 6.45) is 2.85. The smallest absolute Gasteiger partial charge is 0.0601 e. The van der Waals surface area contributed by atoms with Crippen molar-refractivity contribution in [2.45, 2.75) is 44.0 Å². The van der Waals surface area contributed by atoms with Crippen molar-refractivity contribution in [2.24, 2.45) is 0 Å². The van der Waals surface area contributed by atoms with Crippen LogP contribution >= 0.6 is 0 Å². The lowest BCUT2D eigenvalue weighted by Gasteiger charge is -2.49. The van der Waals surface area contributed by atoms with Crippen molar-refractivity contribution in [2.75, 3.05) is 20.2 Å². The van der Waals surface area contributed by atoms with E-state index in [1.165, 1.54) is 18.4 Å². The molecule has 3 rings (SSSR count). The van der Waals surface area contributed by atoms with Crippen LogP contribution in [0.3, 0.4) is 0 Å². The zero-order chi connectivity index (χ0) is 13.2. The van der Waals surface area contributed by atoms with Crippen LogP contribution in [0.25, 0.3) is 0 Å². The van der Waals surface area contributed by atoms with Crippen LogP contribution in [-0.2, 0) is 4.74 Å². The first kappa shape index (κ1) is 13.1. The van der Waals surface area contributed by atoms with Crippen molar-refractivity contribution in [3.05, 3.63) is 35.9 Å². The lowest BCUT2D eigenvalue weighted by Crippen LogP contribution is -2.58. The lowest BCUT2D eigenvalue weighted by atomic mass is 9.85. The number of nitrogens with zero attached hydrogens (tertiary/aromatic N) is 1. The highest BCUT2D eigenvalue weighted by molar-refractivity contribution is 5.21. The lowest BCUT2D eigenvalue weighted by molar-refractivity contribution is -0.0518. The first-order valence-electron chi connectivity index (χ1n) is 7.35.